The van der Waals surface area contributed by atoms with Gasteiger partial charge in [0.1, 0.15) is 11.2 Å². The fraction of sp³-hybridized carbons (Fsp3) is 0.738. The van der Waals surface area contributed by atoms with Crippen LogP contribution in [-0.2, 0) is 109 Å². The highest BCUT2D eigenvalue weighted by atomic mass is 32.2. The van der Waals surface area contributed by atoms with Crippen molar-refractivity contribution in [2.45, 2.75) is 77.4 Å². The van der Waals surface area contributed by atoms with Crippen LogP contribution in [0.2, 0.25) is 0 Å². The quantitative estimate of drug-likeness (QED) is 0.0375. The van der Waals surface area contributed by atoms with E-state index < -0.39 is 21.3 Å². The lowest BCUT2D eigenvalue weighted by molar-refractivity contribution is -0.157. The summed E-state index contributed by atoms with van der Waals surface area (Å²) >= 11 is 0. The number of fused-ring (bicyclic) bond motifs is 1. The van der Waals surface area contributed by atoms with E-state index >= 15 is 0 Å². The number of aryl methyl sites for hydroxylation is 1. The first-order valence-electron chi connectivity index (χ1n) is 30.0. The number of amides is 2. The Morgan fingerprint density at radius 3 is 0.852 bits per heavy atom. The van der Waals surface area contributed by atoms with Gasteiger partial charge in [0.05, 0.1) is 253 Å². The minimum Gasteiger partial charge on any atom is -0.460 e. The molecule has 0 aliphatic carbocycles. The number of imide groups is 1. The van der Waals surface area contributed by atoms with E-state index in [2.05, 4.69) is 0 Å². The Labute approximate surface area is 521 Å². The summed E-state index contributed by atoms with van der Waals surface area (Å²) in [5, 5.41) is 0. The average molecular weight is 1280 g/mol. The fourth-order valence-corrected chi connectivity index (χ4v) is 7.85. The molecule has 0 aromatic heterocycles. The third kappa shape index (κ3) is 45.1. The molecule has 1 aliphatic rings. The van der Waals surface area contributed by atoms with E-state index in [-0.39, 0.29) is 67.9 Å². The van der Waals surface area contributed by atoms with Crippen molar-refractivity contribution in [3.63, 3.8) is 0 Å². The molecule has 0 unspecified atom stereocenters. The Balaban J connectivity index is 0.000000600. The first-order chi connectivity index (χ1) is 42.4. The van der Waals surface area contributed by atoms with Gasteiger partial charge in [0.15, 0.2) is 0 Å². The number of hydrogen-bond acceptors (Lipinski definition) is 25. The maximum atomic E-state index is 12.3. The number of benzene rings is 2. The summed E-state index contributed by atoms with van der Waals surface area (Å²) < 4.78 is 126. The molecule has 0 atom stereocenters. The standard InChI is InChI=1S/C31H49NO12.C30H52O13S/c1-31(2,3)44-28(33)8-10-36-12-14-38-16-18-40-20-22-42-24-25-43-23-21-41-19-17-39-15-13-37-11-9-32-29(34)26-6-4-5-7-27(26)30(32)35;1-27-5-7-28(8-6-27)44(32,33)42-26-25-41-24-23-40-22-21-39-20-19-38-18-17-37-16-15-36-14-13-35-12-11-34-10-9-29(31)43-30(2,3)4/h4-7H,8-25H2,1-3H3;5-8H,9-26H2,1-4H3. The van der Waals surface area contributed by atoms with Crippen LogP contribution in [-0.4, -0.2) is 273 Å². The van der Waals surface area contributed by atoms with Gasteiger partial charge in [-0.2, -0.15) is 8.42 Å². The molecule has 0 saturated heterocycles. The van der Waals surface area contributed by atoms with Crippen LogP contribution < -0.4 is 0 Å². The molecule has 1 heterocycles. The largest absolute Gasteiger partial charge is 0.460 e. The highest BCUT2D eigenvalue weighted by molar-refractivity contribution is 7.86. The summed E-state index contributed by atoms with van der Waals surface area (Å²) in [4.78, 5) is 49.0. The maximum Gasteiger partial charge on any atom is 0.308 e. The van der Waals surface area contributed by atoms with Crippen molar-refractivity contribution in [2.24, 2.45) is 0 Å². The number of hydrogen-bond donors (Lipinski definition) is 0. The highest BCUT2D eigenvalue weighted by Gasteiger charge is 2.34. The molecular formula is C61H101NO25S. The molecule has 506 valence electrons. The first-order valence-corrected chi connectivity index (χ1v) is 31.4. The molecule has 0 radical (unpaired) electrons. The van der Waals surface area contributed by atoms with E-state index in [1.54, 1.807) is 36.4 Å². The van der Waals surface area contributed by atoms with Crippen molar-refractivity contribution in [2.75, 3.05) is 225 Å². The van der Waals surface area contributed by atoms with Crippen molar-refractivity contribution >= 4 is 33.9 Å². The lowest BCUT2D eigenvalue weighted by Gasteiger charge is -2.19. The van der Waals surface area contributed by atoms with Crippen LogP contribution in [0.4, 0.5) is 0 Å². The molecule has 0 saturated carbocycles. The van der Waals surface area contributed by atoms with Gasteiger partial charge in [0.2, 0.25) is 0 Å². The van der Waals surface area contributed by atoms with Crippen molar-refractivity contribution in [3.05, 3.63) is 65.2 Å². The van der Waals surface area contributed by atoms with Crippen molar-refractivity contribution in [1.29, 1.82) is 0 Å². The summed E-state index contributed by atoms with van der Waals surface area (Å²) in [5.74, 6) is -1.11. The lowest BCUT2D eigenvalue weighted by Crippen LogP contribution is -2.33. The highest BCUT2D eigenvalue weighted by Crippen LogP contribution is 2.22. The van der Waals surface area contributed by atoms with Crippen LogP contribution in [0.3, 0.4) is 0 Å². The van der Waals surface area contributed by atoms with Gasteiger partial charge in [-0.15, -0.1) is 0 Å². The van der Waals surface area contributed by atoms with Crippen LogP contribution in [0.5, 0.6) is 0 Å². The van der Waals surface area contributed by atoms with Crippen LogP contribution >= 0.6 is 0 Å². The molecule has 1 aliphatic heterocycles. The van der Waals surface area contributed by atoms with Crippen LogP contribution in [0.15, 0.2) is 53.4 Å². The van der Waals surface area contributed by atoms with E-state index in [4.69, 9.17) is 89.4 Å². The van der Waals surface area contributed by atoms with Gasteiger partial charge in [-0.25, -0.2) is 0 Å². The molecule has 2 amide bonds. The van der Waals surface area contributed by atoms with Crippen molar-refractivity contribution < 1.29 is 117 Å². The molecule has 0 spiro atoms. The monoisotopic (exact) mass is 1280 g/mol. The zero-order valence-corrected chi connectivity index (χ0v) is 54.0. The minimum absolute atomic E-state index is 0.0627. The van der Waals surface area contributed by atoms with Crippen LogP contribution in [0.1, 0.15) is 80.7 Å². The number of carbonyl (C=O) groups excluding carboxylic acids is 4. The molecule has 2 aromatic carbocycles. The molecule has 88 heavy (non-hydrogen) atoms. The molecule has 0 N–H and O–H groups in total. The molecule has 0 fully saturated rings. The maximum absolute atomic E-state index is 12.3. The summed E-state index contributed by atoms with van der Waals surface area (Å²) in [6.45, 7) is 26.3. The first kappa shape index (κ1) is 79.9. The number of rotatable bonds is 56. The second-order valence-corrected chi connectivity index (χ2v) is 22.5. The zero-order chi connectivity index (χ0) is 64.2. The number of esters is 2. The van der Waals surface area contributed by atoms with E-state index in [0.717, 1.165) is 5.56 Å². The summed E-state index contributed by atoms with van der Waals surface area (Å²) in [7, 11) is -3.78. The van der Waals surface area contributed by atoms with Gasteiger partial charge in [-0.3, -0.25) is 28.3 Å². The predicted octanol–water partition coefficient (Wildman–Crippen LogP) is 4.71. The second kappa shape index (κ2) is 51.4. The van der Waals surface area contributed by atoms with Gasteiger partial charge in [-0.1, -0.05) is 29.8 Å². The van der Waals surface area contributed by atoms with E-state index in [1.807, 2.05) is 48.5 Å². The molecule has 2 aromatic rings. The topological polar surface area (TPSA) is 281 Å². The average Bonchev–Trinajstić information content (AvgIpc) is 1.81. The fourth-order valence-electron chi connectivity index (χ4n) is 6.95. The summed E-state index contributed by atoms with van der Waals surface area (Å²) in [5.41, 5.74) is 0.891. The minimum atomic E-state index is -3.78. The Bertz CT molecular complexity index is 2160. The molecule has 0 bridgehead atoms. The van der Waals surface area contributed by atoms with E-state index in [0.29, 0.717) is 209 Å². The molecule has 26 nitrogen and oxygen atoms in total. The Kier molecular flexibility index (Phi) is 46.7. The van der Waals surface area contributed by atoms with Crippen molar-refractivity contribution in [1.82, 2.24) is 4.90 Å². The third-order valence-electron chi connectivity index (χ3n) is 11.1. The molecule has 3 rings (SSSR count). The second-order valence-electron chi connectivity index (χ2n) is 20.9. The normalized spacial score (nSPS) is 12.6. The SMILES string of the molecule is CC(C)(C)OC(=O)CCOCCOCCOCCOCCOCCOCCOCCOCCN1C(=O)c2ccccc2C1=O.Cc1ccc(S(=O)(=O)OCCOCCOCCOCCOCCOCCOCCOCCOCCC(=O)OC(C)(C)C)cc1. The van der Waals surface area contributed by atoms with Crippen molar-refractivity contribution in [3.8, 4) is 0 Å². The van der Waals surface area contributed by atoms with E-state index in [9.17, 15) is 27.6 Å². The molecular weight excluding hydrogens is 1180 g/mol. The third-order valence-corrected chi connectivity index (χ3v) is 12.4. The smallest absolute Gasteiger partial charge is 0.308 e. The summed E-state index contributed by atoms with van der Waals surface area (Å²) in [6, 6.07) is 13.3. The summed E-state index contributed by atoms with van der Waals surface area (Å²) in [6.07, 6.45) is 0.448. The van der Waals surface area contributed by atoms with Crippen LogP contribution in [0, 0.1) is 6.92 Å². The number of carbonyl (C=O) groups is 4. The predicted molar refractivity (Wildman–Crippen MR) is 320 cm³/mol. The van der Waals surface area contributed by atoms with Gasteiger partial charge >= 0.3 is 11.9 Å². The van der Waals surface area contributed by atoms with Gasteiger partial charge in [-0.05, 0) is 72.7 Å². The number of ether oxygens (including phenoxy) is 18. The lowest BCUT2D eigenvalue weighted by atomic mass is 10.1. The number of nitrogens with zero attached hydrogens (tertiary/aromatic N) is 1. The van der Waals surface area contributed by atoms with Gasteiger partial charge < -0.3 is 85.3 Å². The van der Waals surface area contributed by atoms with Crippen LogP contribution in [0.25, 0.3) is 0 Å². The Hall–Kier alpha value is -4.21. The van der Waals surface area contributed by atoms with Gasteiger partial charge in [0, 0.05) is 0 Å². The Morgan fingerprint density at radius 2 is 0.591 bits per heavy atom. The Morgan fingerprint density at radius 1 is 0.352 bits per heavy atom. The van der Waals surface area contributed by atoms with Gasteiger partial charge in [0.25, 0.3) is 21.9 Å². The molecule has 27 heteroatoms. The zero-order valence-electron chi connectivity index (χ0n) is 53.1. The van der Waals surface area contributed by atoms with E-state index in [1.165, 1.54) is 17.0 Å².